The number of aromatic nitrogens is 1. The first kappa shape index (κ1) is 14.1. The second-order valence-electron chi connectivity index (χ2n) is 5.10. The molecule has 0 aliphatic carbocycles. The van der Waals surface area contributed by atoms with Crippen molar-refractivity contribution in [2.45, 2.75) is 13.8 Å². The third-order valence-electron chi connectivity index (χ3n) is 3.62. The summed E-state index contributed by atoms with van der Waals surface area (Å²) >= 11 is 0. The van der Waals surface area contributed by atoms with Gasteiger partial charge in [-0.25, -0.2) is 4.79 Å². The average molecular weight is 294 g/mol. The number of carbonyl (C=O) groups is 1. The molecule has 22 heavy (non-hydrogen) atoms. The number of rotatable bonds is 3. The molecule has 0 spiro atoms. The quantitative estimate of drug-likeness (QED) is 0.791. The minimum absolute atomic E-state index is 0.201. The second-order valence-corrected chi connectivity index (χ2v) is 5.10. The molecular weight excluding hydrogens is 276 g/mol. The SMILES string of the molecule is CCNC(=O)Nc1ccc2c(c1)C(=C(C)c1ccc[nH]1)C=N2. The van der Waals surface area contributed by atoms with Crippen molar-refractivity contribution < 1.29 is 4.79 Å². The zero-order valence-electron chi connectivity index (χ0n) is 12.6. The van der Waals surface area contributed by atoms with Crippen LogP contribution in [0.5, 0.6) is 0 Å². The number of aliphatic imine (C=N–C) groups is 1. The summed E-state index contributed by atoms with van der Waals surface area (Å²) in [5.74, 6) is 0. The molecule has 5 nitrogen and oxygen atoms in total. The van der Waals surface area contributed by atoms with Crippen LogP contribution in [0.1, 0.15) is 25.1 Å². The third kappa shape index (κ3) is 2.65. The fraction of sp³-hybridized carbons (Fsp3) is 0.176. The van der Waals surface area contributed by atoms with E-state index in [1.165, 1.54) is 0 Å². The van der Waals surface area contributed by atoms with Gasteiger partial charge >= 0.3 is 6.03 Å². The van der Waals surface area contributed by atoms with Crippen molar-refractivity contribution in [1.29, 1.82) is 0 Å². The Morgan fingerprint density at radius 1 is 1.32 bits per heavy atom. The highest BCUT2D eigenvalue weighted by Crippen LogP contribution is 2.37. The van der Waals surface area contributed by atoms with Crippen LogP contribution >= 0.6 is 0 Å². The Bertz CT molecular complexity index is 757. The predicted molar refractivity (Wildman–Crippen MR) is 90.6 cm³/mol. The molecule has 3 N–H and O–H groups in total. The molecule has 1 aliphatic rings. The lowest BCUT2D eigenvalue weighted by Gasteiger charge is -2.09. The van der Waals surface area contributed by atoms with E-state index < -0.39 is 0 Å². The van der Waals surface area contributed by atoms with Crippen molar-refractivity contribution >= 4 is 34.8 Å². The highest BCUT2D eigenvalue weighted by molar-refractivity contribution is 6.24. The number of amides is 2. The van der Waals surface area contributed by atoms with Crippen molar-refractivity contribution in [3.05, 3.63) is 47.8 Å². The van der Waals surface area contributed by atoms with E-state index >= 15 is 0 Å². The molecule has 112 valence electrons. The summed E-state index contributed by atoms with van der Waals surface area (Å²) in [6, 6.07) is 9.54. The number of anilines is 1. The Morgan fingerprint density at radius 3 is 2.91 bits per heavy atom. The normalized spacial score (nSPS) is 14.6. The summed E-state index contributed by atoms with van der Waals surface area (Å²) < 4.78 is 0. The molecule has 0 saturated carbocycles. The van der Waals surface area contributed by atoms with E-state index in [1.54, 1.807) is 0 Å². The molecule has 0 radical (unpaired) electrons. The van der Waals surface area contributed by atoms with Gasteiger partial charge in [-0.15, -0.1) is 0 Å². The van der Waals surface area contributed by atoms with E-state index in [-0.39, 0.29) is 6.03 Å². The van der Waals surface area contributed by atoms with Crippen LogP contribution in [0, 0.1) is 0 Å². The molecule has 1 aliphatic heterocycles. The highest BCUT2D eigenvalue weighted by Gasteiger charge is 2.16. The molecule has 1 aromatic heterocycles. The highest BCUT2D eigenvalue weighted by atomic mass is 16.2. The number of hydrogen-bond donors (Lipinski definition) is 3. The maximum Gasteiger partial charge on any atom is 0.319 e. The molecule has 3 rings (SSSR count). The number of hydrogen-bond acceptors (Lipinski definition) is 2. The second kappa shape index (κ2) is 5.89. The zero-order chi connectivity index (χ0) is 15.5. The van der Waals surface area contributed by atoms with Gasteiger partial charge < -0.3 is 15.6 Å². The van der Waals surface area contributed by atoms with Gasteiger partial charge in [0.1, 0.15) is 0 Å². The molecule has 0 atom stereocenters. The monoisotopic (exact) mass is 294 g/mol. The maximum absolute atomic E-state index is 11.6. The van der Waals surface area contributed by atoms with Gasteiger partial charge in [-0.1, -0.05) is 0 Å². The smallest absolute Gasteiger partial charge is 0.319 e. The maximum atomic E-state index is 11.6. The fourth-order valence-corrected chi connectivity index (χ4v) is 2.49. The van der Waals surface area contributed by atoms with Crippen LogP contribution < -0.4 is 10.6 Å². The largest absolute Gasteiger partial charge is 0.361 e. The lowest BCUT2D eigenvalue weighted by Crippen LogP contribution is -2.28. The minimum atomic E-state index is -0.201. The molecule has 0 unspecified atom stereocenters. The molecule has 2 heterocycles. The topological polar surface area (TPSA) is 69.3 Å². The van der Waals surface area contributed by atoms with Crippen LogP contribution in [-0.2, 0) is 0 Å². The van der Waals surface area contributed by atoms with E-state index in [0.29, 0.717) is 6.54 Å². The zero-order valence-corrected chi connectivity index (χ0v) is 12.6. The van der Waals surface area contributed by atoms with Crippen LogP contribution in [0.25, 0.3) is 11.1 Å². The Hall–Kier alpha value is -2.82. The molecular formula is C17H18N4O. The van der Waals surface area contributed by atoms with Crippen molar-refractivity contribution in [1.82, 2.24) is 10.3 Å². The van der Waals surface area contributed by atoms with Gasteiger partial charge in [-0.3, -0.25) is 4.99 Å². The fourth-order valence-electron chi connectivity index (χ4n) is 2.49. The summed E-state index contributed by atoms with van der Waals surface area (Å²) in [4.78, 5) is 19.3. The third-order valence-corrected chi connectivity index (χ3v) is 3.62. The van der Waals surface area contributed by atoms with Gasteiger partial charge in [0.2, 0.25) is 0 Å². The number of allylic oxidation sites excluding steroid dienone is 2. The Morgan fingerprint density at radius 2 is 2.18 bits per heavy atom. The number of aromatic amines is 1. The first-order chi connectivity index (χ1) is 10.7. The first-order valence-electron chi connectivity index (χ1n) is 7.27. The van der Waals surface area contributed by atoms with Crippen molar-refractivity contribution in [3.8, 4) is 0 Å². The molecule has 2 aromatic rings. The number of fused-ring (bicyclic) bond motifs is 1. The Kier molecular flexibility index (Phi) is 3.78. The average Bonchev–Trinajstić information content (AvgIpc) is 3.16. The molecule has 0 bridgehead atoms. The molecule has 0 saturated heterocycles. The molecule has 1 aromatic carbocycles. The number of urea groups is 1. The summed E-state index contributed by atoms with van der Waals surface area (Å²) in [5.41, 5.74) is 5.96. The van der Waals surface area contributed by atoms with Crippen molar-refractivity contribution in [2.75, 3.05) is 11.9 Å². The molecule has 2 amide bonds. The number of nitrogens with zero attached hydrogens (tertiary/aromatic N) is 1. The van der Waals surface area contributed by atoms with Crippen molar-refractivity contribution in [2.24, 2.45) is 4.99 Å². The van der Waals surface area contributed by atoms with Gasteiger partial charge in [0.25, 0.3) is 0 Å². The summed E-state index contributed by atoms with van der Waals surface area (Å²) in [6.07, 6.45) is 3.77. The molecule has 0 fully saturated rings. The van der Waals surface area contributed by atoms with Gasteiger partial charge in [-0.05, 0) is 49.8 Å². The van der Waals surface area contributed by atoms with Crippen LogP contribution in [-0.4, -0.2) is 23.8 Å². The minimum Gasteiger partial charge on any atom is -0.361 e. The Balaban J connectivity index is 1.94. The van der Waals surface area contributed by atoms with Crippen LogP contribution in [0.3, 0.4) is 0 Å². The van der Waals surface area contributed by atoms with Crippen LogP contribution in [0.15, 0.2) is 41.5 Å². The standard InChI is InChI=1S/C17H18N4O/c1-3-18-17(22)21-12-6-7-16-13(9-12)14(10-20-16)11(2)15-5-4-8-19-15/h4-10,19H,3H2,1-2H3,(H2,18,21,22). The molecule has 5 heteroatoms. The van der Waals surface area contributed by atoms with E-state index in [2.05, 4.69) is 27.5 Å². The van der Waals surface area contributed by atoms with Gasteiger partial charge in [0.15, 0.2) is 0 Å². The van der Waals surface area contributed by atoms with E-state index in [4.69, 9.17) is 0 Å². The number of carbonyl (C=O) groups excluding carboxylic acids is 1. The van der Waals surface area contributed by atoms with Crippen LogP contribution in [0.2, 0.25) is 0 Å². The van der Waals surface area contributed by atoms with E-state index in [0.717, 1.165) is 33.8 Å². The van der Waals surface area contributed by atoms with Crippen molar-refractivity contribution in [3.63, 3.8) is 0 Å². The summed E-state index contributed by atoms with van der Waals surface area (Å²) in [7, 11) is 0. The predicted octanol–water partition coefficient (Wildman–Crippen LogP) is 3.80. The summed E-state index contributed by atoms with van der Waals surface area (Å²) in [5, 5.41) is 5.55. The lowest BCUT2D eigenvalue weighted by atomic mass is 10.00. The van der Waals surface area contributed by atoms with Gasteiger partial charge in [0.05, 0.1) is 5.69 Å². The Labute approximate surface area is 129 Å². The van der Waals surface area contributed by atoms with E-state index in [9.17, 15) is 4.79 Å². The van der Waals surface area contributed by atoms with Gasteiger partial charge in [0, 0.05) is 41.5 Å². The lowest BCUT2D eigenvalue weighted by molar-refractivity contribution is 0.252. The van der Waals surface area contributed by atoms with E-state index in [1.807, 2.05) is 49.7 Å². The number of nitrogens with one attached hydrogen (secondary N) is 3. The van der Waals surface area contributed by atoms with Crippen LogP contribution in [0.4, 0.5) is 16.2 Å². The summed E-state index contributed by atoms with van der Waals surface area (Å²) in [6.45, 7) is 4.54. The number of H-pyrrole nitrogens is 1. The van der Waals surface area contributed by atoms with Gasteiger partial charge in [-0.2, -0.15) is 0 Å². The first-order valence-corrected chi connectivity index (χ1v) is 7.27. The number of benzene rings is 1.